The monoisotopic (exact) mass is 214 g/mol. The zero-order valence-corrected chi connectivity index (χ0v) is 9.40. The van der Waals surface area contributed by atoms with E-state index in [1.807, 2.05) is 38.1 Å². The van der Waals surface area contributed by atoms with Gasteiger partial charge in [0.25, 0.3) is 0 Å². The molecular formula is C14H14O2. The summed E-state index contributed by atoms with van der Waals surface area (Å²) in [6.07, 6.45) is 5.28. The summed E-state index contributed by atoms with van der Waals surface area (Å²) in [5, 5.41) is 9.09. The molecule has 16 heavy (non-hydrogen) atoms. The zero-order chi connectivity index (χ0) is 11.9. The Morgan fingerprint density at radius 2 is 1.94 bits per heavy atom. The summed E-state index contributed by atoms with van der Waals surface area (Å²) in [6, 6.07) is 7.60. The van der Waals surface area contributed by atoms with Crippen molar-refractivity contribution >= 4 is 5.97 Å². The standard InChI is InChI=1S/C14H14O2/c1-4-9-5-7-10(8-6-9)11-12(13(15)16)14(11,2)3/h1,5-8,11-12H,2-3H3,(H,15,16)/t11-,12+/m1/s1. The highest BCUT2D eigenvalue weighted by molar-refractivity contribution is 5.77. The summed E-state index contributed by atoms with van der Waals surface area (Å²) >= 11 is 0. The second kappa shape index (κ2) is 3.38. The second-order valence-corrected chi connectivity index (χ2v) is 4.88. The highest BCUT2D eigenvalue weighted by Crippen LogP contribution is 2.64. The summed E-state index contributed by atoms with van der Waals surface area (Å²) in [5.41, 5.74) is 1.74. The van der Waals surface area contributed by atoms with E-state index in [2.05, 4.69) is 5.92 Å². The number of aliphatic carboxylic acids is 1. The lowest BCUT2D eigenvalue weighted by Gasteiger charge is -2.02. The number of carboxylic acids is 1. The summed E-state index contributed by atoms with van der Waals surface area (Å²) in [4.78, 5) is 11.1. The van der Waals surface area contributed by atoms with E-state index in [0.29, 0.717) is 0 Å². The minimum Gasteiger partial charge on any atom is -0.481 e. The van der Waals surface area contributed by atoms with Gasteiger partial charge in [-0.1, -0.05) is 31.9 Å². The van der Waals surface area contributed by atoms with Crippen LogP contribution in [0, 0.1) is 23.7 Å². The smallest absolute Gasteiger partial charge is 0.307 e. The molecule has 0 radical (unpaired) electrons. The normalized spacial score (nSPS) is 25.8. The van der Waals surface area contributed by atoms with E-state index in [9.17, 15) is 4.79 Å². The summed E-state index contributed by atoms with van der Waals surface area (Å²) in [6.45, 7) is 3.98. The first-order valence-corrected chi connectivity index (χ1v) is 5.28. The third kappa shape index (κ3) is 1.49. The van der Waals surface area contributed by atoms with Gasteiger partial charge in [0.2, 0.25) is 0 Å². The Morgan fingerprint density at radius 3 is 2.31 bits per heavy atom. The predicted octanol–water partition coefficient (Wildman–Crippen LogP) is 2.49. The van der Waals surface area contributed by atoms with Gasteiger partial charge in [0.1, 0.15) is 0 Å². The van der Waals surface area contributed by atoms with Gasteiger partial charge in [0, 0.05) is 11.5 Å². The van der Waals surface area contributed by atoms with Crippen LogP contribution in [0.25, 0.3) is 0 Å². The number of carbonyl (C=O) groups is 1. The first kappa shape index (κ1) is 10.8. The Labute approximate surface area is 95.3 Å². The number of carboxylic acid groups (broad SMARTS) is 1. The van der Waals surface area contributed by atoms with Crippen molar-refractivity contribution in [3.05, 3.63) is 35.4 Å². The molecule has 1 aliphatic rings. The van der Waals surface area contributed by atoms with Gasteiger partial charge in [0.15, 0.2) is 0 Å². The Balaban J connectivity index is 2.27. The molecule has 1 fully saturated rings. The molecular weight excluding hydrogens is 200 g/mol. The summed E-state index contributed by atoms with van der Waals surface area (Å²) in [5.74, 6) is 1.67. The van der Waals surface area contributed by atoms with Crippen molar-refractivity contribution in [3.8, 4) is 12.3 Å². The van der Waals surface area contributed by atoms with Gasteiger partial charge in [-0.3, -0.25) is 4.79 Å². The van der Waals surface area contributed by atoms with Gasteiger partial charge in [-0.25, -0.2) is 0 Å². The van der Waals surface area contributed by atoms with Crippen molar-refractivity contribution in [1.82, 2.24) is 0 Å². The van der Waals surface area contributed by atoms with Crippen LogP contribution in [-0.2, 0) is 4.79 Å². The SMILES string of the molecule is C#Cc1ccc([C@@H]2[C@@H](C(=O)O)C2(C)C)cc1. The highest BCUT2D eigenvalue weighted by Gasteiger charge is 2.62. The Kier molecular flexibility index (Phi) is 2.27. The Bertz CT molecular complexity index is 463. The van der Waals surface area contributed by atoms with Crippen LogP contribution in [0.1, 0.15) is 30.9 Å². The largest absolute Gasteiger partial charge is 0.481 e. The minimum atomic E-state index is -0.712. The van der Waals surface area contributed by atoms with Crippen LogP contribution in [0.15, 0.2) is 24.3 Å². The molecule has 0 saturated heterocycles. The van der Waals surface area contributed by atoms with Crippen LogP contribution in [0.5, 0.6) is 0 Å². The molecule has 2 atom stereocenters. The van der Waals surface area contributed by atoms with E-state index in [1.165, 1.54) is 0 Å². The lowest BCUT2D eigenvalue weighted by atomic mass is 10.0. The maximum Gasteiger partial charge on any atom is 0.307 e. The molecule has 0 spiro atoms. The number of hydrogen-bond donors (Lipinski definition) is 1. The van der Waals surface area contributed by atoms with Crippen molar-refractivity contribution in [2.24, 2.45) is 11.3 Å². The highest BCUT2D eigenvalue weighted by atomic mass is 16.4. The molecule has 0 unspecified atom stereocenters. The van der Waals surface area contributed by atoms with E-state index in [4.69, 9.17) is 11.5 Å². The molecule has 1 aromatic carbocycles. The van der Waals surface area contributed by atoms with Gasteiger partial charge in [-0.15, -0.1) is 6.42 Å². The zero-order valence-electron chi connectivity index (χ0n) is 9.40. The molecule has 2 nitrogen and oxygen atoms in total. The van der Waals surface area contributed by atoms with Gasteiger partial charge >= 0.3 is 5.97 Å². The summed E-state index contributed by atoms with van der Waals surface area (Å²) < 4.78 is 0. The number of rotatable bonds is 2. The van der Waals surface area contributed by atoms with Crippen LogP contribution in [0.4, 0.5) is 0 Å². The van der Waals surface area contributed by atoms with Crippen molar-refractivity contribution in [2.45, 2.75) is 19.8 Å². The van der Waals surface area contributed by atoms with Crippen LogP contribution >= 0.6 is 0 Å². The molecule has 1 aliphatic carbocycles. The predicted molar refractivity (Wildman–Crippen MR) is 62.0 cm³/mol. The molecule has 1 saturated carbocycles. The van der Waals surface area contributed by atoms with E-state index in [-0.39, 0.29) is 17.3 Å². The Morgan fingerprint density at radius 1 is 1.38 bits per heavy atom. The number of benzene rings is 1. The molecule has 0 heterocycles. The van der Waals surface area contributed by atoms with Crippen LogP contribution in [-0.4, -0.2) is 11.1 Å². The first-order chi connectivity index (χ1) is 7.48. The third-order valence-electron chi connectivity index (χ3n) is 3.53. The van der Waals surface area contributed by atoms with Gasteiger partial charge < -0.3 is 5.11 Å². The maximum absolute atomic E-state index is 11.1. The second-order valence-electron chi connectivity index (χ2n) is 4.88. The average molecular weight is 214 g/mol. The van der Waals surface area contributed by atoms with Crippen LogP contribution in [0.2, 0.25) is 0 Å². The topological polar surface area (TPSA) is 37.3 Å². The fourth-order valence-electron chi connectivity index (χ4n) is 2.51. The minimum absolute atomic E-state index is 0.108. The van der Waals surface area contributed by atoms with E-state index in [0.717, 1.165) is 11.1 Å². The number of hydrogen-bond acceptors (Lipinski definition) is 1. The van der Waals surface area contributed by atoms with Gasteiger partial charge in [0.05, 0.1) is 5.92 Å². The molecule has 0 aromatic heterocycles. The lowest BCUT2D eigenvalue weighted by Crippen LogP contribution is -2.03. The quantitative estimate of drug-likeness (QED) is 0.768. The van der Waals surface area contributed by atoms with E-state index in [1.54, 1.807) is 0 Å². The van der Waals surface area contributed by atoms with Crippen molar-refractivity contribution in [2.75, 3.05) is 0 Å². The maximum atomic E-state index is 11.1. The molecule has 2 rings (SSSR count). The van der Waals surface area contributed by atoms with Crippen molar-refractivity contribution in [1.29, 1.82) is 0 Å². The van der Waals surface area contributed by atoms with Crippen molar-refractivity contribution in [3.63, 3.8) is 0 Å². The fourth-order valence-corrected chi connectivity index (χ4v) is 2.51. The van der Waals surface area contributed by atoms with Crippen LogP contribution < -0.4 is 0 Å². The molecule has 1 N–H and O–H groups in total. The first-order valence-electron chi connectivity index (χ1n) is 5.28. The summed E-state index contributed by atoms with van der Waals surface area (Å²) in [7, 11) is 0. The number of terminal acetylenes is 1. The van der Waals surface area contributed by atoms with E-state index < -0.39 is 5.97 Å². The van der Waals surface area contributed by atoms with Crippen molar-refractivity contribution < 1.29 is 9.90 Å². The van der Waals surface area contributed by atoms with E-state index >= 15 is 0 Å². The van der Waals surface area contributed by atoms with Gasteiger partial charge in [-0.2, -0.15) is 0 Å². The Hall–Kier alpha value is -1.75. The van der Waals surface area contributed by atoms with Crippen LogP contribution in [0.3, 0.4) is 0 Å². The molecule has 2 heteroatoms. The molecule has 0 aliphatic heterocycles. The van der Waals surface area contributed by atoms with Gasteiger partial charge in [-0.05, 0) is 23.1 Å². The molecule has 0 amide bonds. The molecule has 0 bridgehead atoms. The lowest BCUT2D eigenvalue weighted by molar-refractivity contribution is -0.139. The average Bonchev–Trinajstić information content (AvgIpc) is 2.82. The molecule has 82 valence electrons. The third-order valence-corrected chi connectivity index (χ3v) is 3.53. The molecule has 1 aromatic rings. The fraction of sp³-hybridized carbons (Fsp3) is 0.357.